The van der Waals surface area contributed by atoms with Crippen LogP contribution in [-0.2, 0) is 47.8 Å². The molecule has 2 saturated carbocycles. The molecule has 1 heterocycles. The number of carbonyl (C=O) groups is 7. The first kappa shape index (κ1) is 63.9. The van der Waals surface area contributed by atoms with Crippen molar-refractivity contribution in [3.63, 3.8) is 0 Å². The van der Waals surface area contributed by atoms with E-state index in [1.54, 1.807) is 59.6 Å². The molecule has 0 bridgehead atoms. The zero-order valence-electron chi connectivity index (χ0n) is 47.7. The molecule has 450 valence electrons. The minimum absolute atomic E-state index is 0.0529. The van der Waals surface area contributed by atoms with Gasteiger partial charge in [0.1, 0.15) is 41.1 Å². The molecule has 4 aromatic carbocycles. The Kier molecular flexibility index (Phi) is 25.7. The van der Waals surface area contributed by atoms with Crippen LogP contribution in [-0.4, -0.2) is 92.6 Å². The zero-order chi connectivity index (χ0) is 60.2. The van der Waals surface area contributed by atoms with Gasteiger partial charge < -0.3 is 42.6 Å². The number of para-hydroxylation sites is 1. The second-order valence-electron chi connectivity index (χ2n) is 20.4. The third-order valence-electron chi connectivity index (χ3n) is 14.3. The van der Waals surface area contributed by atoms with Crippen molar-refractivity contribution in [2.45, 2.75) is 103 Å². The lowest BCUT2D eigenvalue weighted by atomic mass is 9.82. The van der Waals surface area contributed by atoms with Crippen LogP contribution in [0.25, 0.3) is 10.2 Å². The number of esters is 7. The second kappa shape index (κ2) is 34.2. The average Bonchev–Trinajstić information content (AvgIpc) is 4.08. The maximum Gasteiger partial charge on any atom is 0.330 e. The molecule has 0 amide bonds. The molecule has 19 nitrogen and oxygen atoms in total. The van der Waals surface area contributed by atoms with E-state index in [1.165, 1.54) is 29.7 Å². The monoisotopic (exact) mass is 1180 g/mol. The summed E-state index contributed by atoms with van der Waals surface area (Å²) in [6, 6.07) is 25.9. The number of hydrogen-bond donors (Lipinski definition) is 0. The van der Waals surface area contributed by atoms with E-state index in [9.17, 15) is 33.6 Å². The number of thiazole rings is 1. The summed E-state index contributed by atoms with van der Waals surface area (Å²) in [5.74, 6) is -2.66. The fourth-order valence-corrected chi connectivity index (χ4v) is 10.4. The molecule has 0 N–H and O–H groups in total. The van der Waals surface area contributed by atoms with E-state index >= 15 is 0 Å². The van der Waals surface area contributed by atoms with Crippen molar-refractivity contribution in [3.8, 4) is 34.5 Å². The number of aromatic nitrogens is 1. The highest BCUT2D eigenvalue weighted by atomic mass is 32.1. The molecular weight excluding hydrogens is 1110 g/mol. The van der Waals surface area contributed by atoms with E-state index in [0.717, 1.165) is 79.8 Å². The quantitative estimate of drug-likeness (QED) is 0.00723. The van der Waals surface area contributed by atoms with Gasteiger partial charge in [0.2, 0.25) is 5.13 Å². The smallest absolute Gasteiger partial charge is 0.330 e. The number of carbonyl (C=O) groups excluding carboxylic acids is 7. The SMILES string of the molecule is C=CC(=O)OCCCCCCOc1ccc(OC(=O)C2CCC(C(=O)Oc3ccc(OC(=O)C4CCC(C(=O)Oc5ccc(OCCCCCCOC(=O)C=C)cc5)CC4)c(/C=N/N(CCOC(=O)C=C)c4nc5ccccc5s4)c3)CC2)cc1. The number of unbranched alkanes of at least 4 members (excludes halogenated alkanes) is 6. The standard InChI is InChI=1S/C65H73N3O16S/c1-4-58(69)78-40-15-9-7-13-38-76-50-27-31-52(32-28-50)81-61(72)45-19-21-47(22-20-45)63(74)83-54-35-36-56(49(43-54)44-66-68(37-42-80-60(71)6-3)65-67-55-17-11-12-18-57(55)85-65)84-64(75)48-25-23-46(24-26-48)62(73)82-53-33-29-51(30-34-53)77-39-14-8-10-16-41-79-59(70)5-2/h4-6,11-12,17-18,27-36,43-48H,1-3,7-10,13-16,19-26,37-42H2/b66-44+. The number of hydrogen-bond acceptors (Lipinski definition) is 20. The Labute approximate surface area is 498 Å². The normalized spacial score (nSPS) is 16.5. The van der Waals surface area contributed by atoms with Crippen molar-refractivity contribution in [3.05, 3.63) is 135 Å². The van der Waals surface area contributed by atoms with Crippen molar-refractivity contribution in [2.75, 3.05) is 44.6 Å². The Balaban J connectivity index is 0.920. The van der Waals surface area contributed by atoms with Crippen molar-refractivity contribution in [1.29, 1.82) is 0 Å². The Morgan fingerprint density at radius 2 is 0.882 bits per heavy atom. The van der Waals surface area contributed by atoms with Crippen LogP contribution in [0.3, 0.4) is 0 Å². The number of nitrogens with zero attached hydrogens (tertiary/aromatic N) is 3. The zero-order valence-corrected chi connectivity index (χ0v) is 48.6. The lowest BCUT2D eigenvalue weighted by Gasteiger charge is -2.26. The summed E-state index contributed by atoms with van der Waals surface area (Å²) >= 11 is 1.38. The van der Waals surface area contributed by atoms with Gasteiger partial charge in [0.15, 0.2) is 0 Å². The van der Waals surface area contributed by atoms with Crippen LogP contribution < -0.4 is 33.4 Å². The summed E-state index contributed by atoms with van der Waals surface area (Å²) in [4.78, 5) is 93.3. The van der Waals surface area contributed by atoms with Crippen molar-refractivity contribution in [1.82, 2.24) is 4.98 Å². The lowest BCUT2D eigenvalue weighted by Crippen LogP contribution is -2.30. The maximum absolute atomic E-state index is 13.9. The van der Waals surface area contributed by atoms with Crippen LogP contribution in [0.2, 0.25) is 0 Å². The number of rotatable bonds is 33. The van der Waals surface area contributed by atoms with E-state index in [1.807, 2.05) is 24.3 Å². The highest BCUT2D eigenvalue weighted by molar-refractivity contribution is 7.22. The third-order valence-corrected chi connectivity index (χ3v) is 15.3. The molecule has 20 heteroatoms. The fraction of sp³-hybridized carbons (Fsp3) is 0.400. The van der Waals surface area contributed by atoms with Crippen LogP contribution in [0.1, 0.15) is 108 Å². The minimum atomic E-state index is -0.605. The Hall–Kier alpha value is -8.65. The van der Waals surface area contributed by atoms with Crippen molar-refractivity contribution in [2.24, 2.45) is 28.8 Å². The van der Waals surface area contributed by atoms with Gasteiger partial charge in [-0.05, 0) is 182 Å². The molecule has 2 aliphatic carbocycles. The largest absolute Gasteiger partial charge is 0.494 e. The van der Waals surface area contributed by atoms with Gasteiger partial charge in [0.05, 0.1) is 73.1 Å². The summed E-state index contributed by atoms with van der Waals surface area (Å²) in [5, 5.41) is 6.80. The maximum atomic E-state index is 13.9. The van der Waals surface area contributed by atoms with Gasteiger partial charge in [0, 0.05) is 23.8 Å². The Morgan fingerprint density at radius 1 is 0.482 bits per heavy atom. The van der Waals surface area contributed by atoms with Crippen molar-refractivity contribution >= 4 is 74.7 Å². The van der Waals surface area contributed by atoms with Gasteiger partial charge in [-0.1, -0.05) is 43.2 Å². The van der Waals surface area contributed by atoms with E-state index in [4.69, 9.17) is 52.7 Å². The Morgan fingerprint density at radius 3 is 1.34 bits per heavy atom. The summed E-state index contributed by atoms with van der Waals surface area (Å²) in [5.41, 5.74) is 1.04. The van der Waals surface area contributed by atoms with E-state index in [0.29, 0.717) is 111 Å². The van der Waals surface area contributed by atoms with Gasteiger partial charge in [-0.3, -0.25) is 19.2 Å². The fourth-order valence-electron chi connectivity index (χ4n) is 9.47. The molecule has 0 unspecified atom stereocenters. The summed E-state index contributed by atoms with van der Waals surface area (Å²) in [6.07, 6.45) is 14.9. The highest BCUT2D eigenvalue weighted by Crippen LogP contribution is 2.36. The summed E-state index contributed by atoms with van der Waals surface area (Å²) in [7, 11) is 0. The predicted molar refractivity (Wildman–Crippen MR) is 319 cm³/mol. The van der Waals surface area contributed by atoms with Crippen LogP contribution in [0.15, 0.2) is 134 Å². The van der Waals surface area contributed by atoms with E-state index in [2.05, 4.69) is 19.7 Å². The van der Waals surface area contributed by atoms with Crippen LogP contribution >= 0.6 is 11.3 Å². The highest BCUT2D eigenvalue weighted by Gasteiger charge is 2.34. The van der Waals surface area contributed by atoms with Crippen LogP contribution in [0.4, 0.5) is 5.13 Å². The summed E-state index contributed by atoms with van der Waals surface area (Å²) in [6.45, 7) is 12.0. The molecule has 0 spiro atoms. The predicted octanol–water partition coefficient (Wildman–Crippen LogP) is 11.8. The van der Waals surface area contributed by atoms with Gasteiger partial charge in [-0.25, -0.2) is 24.4 Å². The molecule has 85 heavy (non-hydrogen) atoms. The van der Waals surface area contributed by atoms with Gasteiger partial charge >= 0.3 is 41.8 Å². The lowest BCUT2D eigenvalue weighted by molar-refractivity contribution is -0.145. The van der Waals surface area contributed by atoms with Gasteiger partial charge in [-0.2, -0.15) is 5.10 Å². The number of anilines is 1. The first-order valence-electron chi connectivity index (χ1n) is 28.9. The first-order chi connectivity index (χ1) is 41.4. The van der Waals surface area contributed by atoms with Crippen LogP contribution in [0.5, 0.6) is 34.5 Å². The summed E-state index contributed by atoms with van der Waals surface area (Å²) < 4.78 is 51.3. The van der Waals surface area contributed by atoms with Crippen LogP contribution in [0, 0.1) is 23.7 Å². The third kappa shape index (κ3) is 21.2. The molecule has 7 rings (SSSR count). The number of hydrazone groups is 1. The van der Waals surface area contributed by atoms with E-state index < -0.39 is 53.5 Å². The molecule has 0 atom stereocenters. The molecule has 5 aromatic rings. The van der Waals surface area contributed by atoms with Gasteiger partial charge in [-0.15, -0.1) is 0 Å². The minimum Gasteiger partial charge on any atom is -0.494 e. The van der Waals surface area contributed by atoms with Gasteiger partial charge in [0.25, 0.3) is 0 Å². The molecule has 1 aromatic heterocycles. The molecule has 0 aliphatic heterocycles. The number of benzene rings is 4. The molecule has 2 aliphatic rings. The van der Waals surface area contributed by atoms with Crippen molar-refractivity contribution < 1.29 is 76.2 Å². The number of ether oxygens (including phenoxy) is 9. The average molecular weight is 1180 g/mol. The molecule has 0 saturated heterocycles. The topological polar surface area (TPSA) is 231 Å². The first-order valence-corrected chi connectivity index (χ1v) is 29.7. The molecule has 2 fully saturated rings. The molecular formula is C65H73N3O16S. The second-order valence-corrected chi connectivity index (χ2v) is 21.4. The van der Waals surface area contributed by atoms with E-state index in [-0.39, 0.29) is 36.6 Å². The Bertz CT molecular complexity index is 3050. The molecule has 0 radical (unpaired) electrons. The number of fused-ring (bicyclic) bond motifs is 1.